The molecule has 2 heterocycles. The maximum atomic E-state index is 12.3. The van der Waals surface area contributed by atoms with Crippen LogP contribution < -0.4 is 5.56 Å². The van der Waals surface area contributed by atoms with Gasteiger partial charge in [0.25, 0.3) is 5.91 Å². The number of β-amino-alcohol motifs (C(OH)–C–C–N with tert-alkyl or cyclic N) is 1. The van der Waals surface area contributed by atoms with Gasteiger partial charge in [-0.25, -0.2) is 0 Å². The lowest BCUT2D eigenvalue weighted by atomic mass is 10.2. The molecular formula is C15H23N3O4. The van der Waals surface area contributed by atoms with Crippen LogP contribution in [0.4, 0.5) is 0 Å². The van der Waals surface area contributed by atoms with Gasteiger partial charge in [0.15, 0.2) is 0 Å². The van der Waals surface area contributed by atoms with Crippen LogP contribution in [0.15, 0.2) is 16.9 Å². The van der Waals surface area contributed by atoms with Gasteiger partial charge in [0.2, 0.25) is 5.56 Å². The van der Waals surface area contributed by atoms with Crippen molar-refractivity contribution in [3.63, 3.8) is 0 Å². The van der Waals surface area contributed by atoms with Gasteiger partial charge in [0, 0.05) is 50.6 Å². The fourth-order valence-corrected chi connectivity index (χ4v) is 2.57. The number of aliphatic hydroxyl groups excluding tert-OH is 1. The molecule has 1 aliphatic heterocycles. The molecule has 0 aliphatic carbocycles. The third-order valence-electron chi connectivity index (χ3n) is 3.63. The minimum atomic E-state index is -0.629. The zero-order valence-corrected chi connectivity index (χ0v) is 13.0. The van der Waals surface area contributed by atoms with Gasteiger partial charge in [-0.3, -0.25) is 14.5 Å². The Balaban J connectivity index is 1.91. The van der Waals surface area contributed by atoms with Gasteiger partial charge >= 0.3 is 0 Å². The van der Waals surface area contributed by atoms with Crippen molar-refractivity contribution in [2.24, 2.45) is 0 Å². The van der Waals surface area contributed by atoms with Crippen molar-refractivity contribution in [2.75, 3.05) is 46.4 Å². The summed E-state index contributed by atoms with van der Waals surface area (Å²) >= 11 is 0. The Bertz CT molecular complexity index is 566. The number of nitrogens with one attached hydrogen (secondary N) is 1. The highest BCUT2D eigenvalue weighted by molar-refractivity contribution is 5.94. The summed E-state index contributed by atoms with van der Waals surface area (Å²) in [7, 11) is 1.63. The minimum Gasteiger partial charge on any atom is -0.390 e. The van der Waals surface area contributed by atoms with Crippen LogP contribution in [-0.4, -0.2) is 78.3 Å². The maximum Gasteiger partial charge on any atom is 0.253 e. The number of morpholine rings is 1. The summed E-state index contributed by atoms with van der Waals surface area (Å²) in [4.78, 5) is 29.9. The van der Waals surface area contributed by atoms with E-state index in [2.05, 4.69) is 9.88 Å². The highest BCUT2D eigenvalue weighted by Crippen LogP contribution is 2.05. The average molecular weight is 309 g/mol. The number of ether oxygens (including phenoxy) is 1. The van der Waals surface area contributed by atoms with Crippen molar-refractivity contribution >= 4 is 5.91 Å². The summed E-state index contributed by atoms with van der Waals surface area (Å²) in [5.74, 6) is -0.268. The number of aromatic amines is 1. The maximum absolute atomic E-state index is 12.3. The van der Waals surface area contributed by atoms with Gasteiger partial charge in [-0.15, -0.1) is 0 Å². The summed E-state index contributed by atoms with van der Waals surface area (Å²) in [5.41, 5.74) is 0.672. The lowest BCUT2D eigenvalue weighted by molar-refractivity contribution is 0.00878. The van der Waals surface area contributed by atoms with E-state index in [-0.39, 0.29) is 18.0 Å². The van der Waals surface area contributed by atoms with Crippen molar-refractivity contribution < 1.29 is 14.6 Å². The molecule has 0 spiro atoms. The van der Waals surface area contributed by atoms with Crippen LogP contribution in [0.1, 0.15) is 16.1 Å². The number of aryl methyl sites for hydroxylation is 1. The molecule has 1 aromatic rings. The molecule has 1 aromatic heterocycles. The van der Waals surface area contributed by atoms with Crippen molar-refractivity contribution in [3.05, 3.63) is 33.7 Å². The van der Waals surface area contributed by atoms with E-state index in [0.29, 0.717) is 31.0 Å². The van der Waals surface area contributed by atoms with E-state index in [1.807, 2.05) is 0 Å². The topological polar surface area (TPSA) is 85.9 Å². The number of carbonyl (C=O) groups is 1. The molecule has 0 radical (unpaired) electrons. The molecule has 2 rings (SSSR count). The summed E-state index contributed by atoms with van der Waals surface area (Å²) in [6, 6.07) is 2.91. The van der Waals surface area contributed by atoms with Crippen LogP contribution in [-0.2, 0) is 4.74 Å². The highest BCUT2D eigenvalue weighted by Gasteiger charge is 2.19. The first kappa shape index (κ1) is 16.7. The number of rotatable bonds is 5. The number of likely N-dealkylation sites (N-methyl/N-ethyl adjacent to an activating group) is 1. The first-order chi connectivity index (χ1) is 10.5. The lowest BCUT2D eigenvalue weighted by Crippen LogP contribution is -2.45. The Labute approximate surface area is 129 Å². The highest BCUT2D eigenvalue weighted by atomic mass is 16.5. The van der Waals surface area contributed by atoms with Crippen molar-refractivity contribution in [1.29, 1.82) is 0 Å². The van der Waals surface area contributed by atoms with Crippen LogP contribution in [0.25, 0.3) is 0 Å². The second-order valence-electron chi connectivity index (χ2n) is 5.67. The van der Waals surface area contributed by atoms with Gasteiger partial charge in [0.05, 0.1) is 19.3 Å². The molecule has 22 heavy (non-hydrogen) atoms. The number of aliphatic hydroxyl groups is 1. The number of H-pyrrole nitrogens is 1. The monoisotopic (exact) mass is 309 g/mol. The number of hydrogen-bond acceptors (Lipinski definition) is 5. The van der Waals surface area contributed by atoms with Gasteiger partial charge in [-0.1, -0.05) is 0 Å². The molecule has 1 fully saturated rings. The third kappa shape index (κ3) is 4.66. The molecule has 7 heteroatoms. The molecular weight excluding hydrogens is 286 g/mol. The summed E-state index contributed by atoms with van der Waals surface area (Å²) in [6.45, 7) is 5.40. The summed E-state index contributed by atoms with van der Waals surface area (Å²) < 4.78 is 5.26. The fraction of sp³-hybridized carbons (Fsp3) is 0.600. The van der Waals surface area contributed by atoms with Gasteiger partial charge < -0.3 is 19.7 Å². The van der Waals surface area contributed by atoms with Gasteiger partial charge in [-0.2, -0.15) is 0 Å². The molecule has 1 amide bonds. The van der Waals surface area contributed by atoms with E-state index in [1.165, 1.54) is 11.0 Å². The standard InChI is InChI=1S/C15H23N3O4/c1-11-7-12(8-14(20)16-11)15(21)17(2)9-13(19)10-18-3-5-22-6-4-18/h7-8,13,19H,3-6,9-10H2,1-2H3,(H,16,20). The lowest BCUT2D eigenvalue weighted by Gasteiger charge is -2.30. The van der Waals surface area contributed by atoms with E-state index >= 15 is 0 Å². The second-order valence-corrected chi connectivity index (χ2v) is 5.67. The quantitative estimate of drug-likeness (QED) is 0.762. The number of nitrogens with zero attached hydrogens (tertiary/aromatic N) is 2. The third-order valence-corrected chi connectivity index (χ3v) is 3.63. The van der Waals surface area contributed by atoms with Crippen LogP contribution >= 0.6 is 0 Å². The predicted octanol–water partition coefficient (Wildman–Crippen LogP) is -0.552. The Kier molecular flexibility index (Phi) is 5.70. The smallest absolute Gasteiger partial charge is 0.253 e. The number of pyridine rings is 1. The molecule has 1 saturated heterocycles. The molecule has 7 nitrogen and oxygen atoms in total. The SMILES string of the molecule is Cc1cc(C(=O)N(C)CC(O)CN2CCOCC2)cc(=O)[nH]1. The Hall–Kier alpha value is -1.70. The van der Waals surface area contributed by atoms with Crippen LogP contribution in [0.5, 0.6) is 0 Å². The molecule has 1 unspecified atom stereocenters. The zero-order valence-electron chi connectivity index (χ0n) is 13.0. The van der Waals surface area contributed by atoms with Crippen molar-refractivity contribution in [2.45, 2.75) is 13.0 Å². The van der Waals surface area contributed by atoms with E-state index in [4.69, 9.17) is 4.74 Å². The molecule has 1 atom stereocenters. The number of amides is 1. The Morgan fingerprint density at radius 3 is 2.77 bits per heavy atom. The van der Waals surface area contributed by atoms with E-state index in [9.17, 15) is 14.7 Å². The first-order valence-electron chi connectivity index (χ1n) is 7.40. The van der Waals surface area contributed by atoms with E-state index in [0.717, 1.165) is 13.1 Å². The summed E-state index contributed by atoms with van der Waals surface area (Å²) in [5, 5.41) is 10.1. The predicted molar refractivity (Wildman–Crippen MR) is 82.0 cm³/mol. The van der Waals surface area contributed by atoms with Crippen molar-refractivity contribution in [3.8, 4) is 0 Å². The number of hydrogen-bond donors (Lipinski definition) is 2. The summed E-state index contributed by atoms with van der Waals surface area (Å²) in [6.07, 6.45) is -0.629. The largest absolute Gasteiger partial charge is 0.390 e. The second kappa shape index (κ2) is 7.53. The molecule has 2 N–H and O–H groups in total. The van der Waals surface area contributed by atoms with Crippen LogP contribution in [0.3, 0.4) is 0 Å². The van der Waals surface area contributed by atoms with Gasteiger partial charge in [-0.05, 0) is 13.0 Å². The molecule has 1 aliphatic rings. The van der Waals surface area contributed by atoms with Gasteiger partial charge in [0.1, 0.15) is 0 Å². The molecule has 0 aromatic carbocycles. The van der Waals surface area contributed by atoms with E-state index in [1.54, 1.807) is 20.0 Å². The fourth-order valence-electron chi connectivity index (χ4n) is 2.57. The Morgan fingerprint density at radius 1 is 1.45 bits per heavy atom. The van der Waals surface area contributed by atoms with Crippen LogP contribution in [0.2, 0.25) is 0 Å². The first-order valence-corrected chi connectivity index (χ1v) is 7.40. The van der Waals surface area contributed by atoms with Crippen LogP contribution in [0, 0.1) is 6.92 Å². The van der Waals surface area contributed by atoms with Crippen molar-refractivity contribution in [1.82, 2.24) is 14.8 Å². The normalized spacial score (nSPS) is 17.2. The molecule has 122 valence electrons. The van der Waals surface area contributed by atoms with E-state index < -0.39 is 6.10 Å². The Morgan fingerprint density at radius 2 is 2.14 bits per heavy atom. The number of aromatic nitrogens is 1. The average Bonchev–Trinajstić information content (AvgIpc) is 2.46. The minimum absolute atomic E-state index is 0.224. The number of carbonyl (C=O) groups excluding carboxylic acids is 1. The zero-order chi connectivity index (χ0) is 16.1. The molecule has 0 saturated carbocycles. The molecule has 0 bridgehead atoms.